The largest absolute Gasteiger partial charge is 0.493 e. The monoisotopic (exact) mass is 367 g/mol. The van der Waals surface area contributed by atoms with Gasteiger partial charge in [0.2, 0.25) is 12.7 Å². The fourth-order valence-corrected chi connectivity index (χ4v) is 2.99. The Kier molecular flexibility index (Phi) is 3.39. The van der Waals surface area contributed by atoms with Crippen LogP contribution >= 0.6 is 0 Å². The first-order chi connectivity index (χ1) is 13.2. The second-order valence-electron chi connectivity index (χ2n) is 5.94. The molecule has 0 atom stereocenters. The number of nitrogens with zero attached hydrogens (tertiary/aromatic N) is 2. The number of fused-ring (bicyclic) bond motifs is 3. The number of carbonyl (C=O) groups is 1. The van der Waals surface area contributed by atoms with Crippen LogP contribution in [0.3, 0.4) is 0 Å². The molecule has 0 bridgehead atoms. The van der Waals surface area contributed by atoms with Gasteiger partial charge in [0.05, 0.1) is 5.52 Å². The Morgan fingerprint density at radius 3 is 2.56 bits per heavy atom. The normalized spacial score (nSPS) is 14.8. The third-order valence-corrected chi connectivity index (χ3v) is 4.28. The predicted octanol–water partition coefficient (Wildman–Crippen LogP) is 3.30. The molecule has 27 heavy (non-hydrogen) atoms. The molecule has 136 valence electrons. The minimum atomic E-state index is -0.570. The lowest BCUT2D eigenvalue weighted by molar-refractivity contribution is 0.0994. The van der Waals surface area contributed by atoms with Gasteiger partial charge in [0.1, 0.15) is 13.2 Å². The van der Waals surface area contributed by atoms with Gasteiger partial charge >= 0.3 is 0 Å². The zero-order valence-corrected chi connectivity index (χ0v) is 13.9. The van der Waals surface area contributed by atoms with Crippen LogP contribution in [0.2, 0.25) is 0 Å². The molecule has 0 saturated heterocycles. The highest BCUT2D eigenvalue weighted by atomic mass is 16.7. The molecule has 2 N–H and O–H groups in total. The minimum Gasteiger partial charge on any atom is -0.493 e. The van der Waals surface area contributed by atoms with E-state index >= 15 is 0 Å². The van der Waals surface area contributed by atoms with Gasteiger partial charge < -0.3 is 29.0 Å². The van der Waals surface area contributed by atoms with Crippen LogP contribution in [0, 0.1) is 0 Å². The van der Waals surface area contributed by atoms with Crippen molar-refractivity contribution in [3.8, 4) is 28.9 Å². The van der Waals surface area contributed by atoms with Crippen molar-refractivity contribution >= 4 is 22.5 Å². The van der Waals surface area contributed by atoms with Crippen molar-refractivity contribution < 1.29 is 28.8 Å². The third kappa shape index (κ3) is 2.60. The van der Waals surface area contributed by atoms with Gasteiger partial charge in [0.15, 0.2) is 28.7 Å². The first-order valence-electron chi connectivity index (χ1n) is 8.19. The first kappa shape index (κ1) is 15.5. The second kappa shape index (κ2) is 5.90. The lowest BCUT2D eigenvalue weighted by Crippen LogP contribution is -2.15. The van der Waals surface area contributed by atoms with E-state index in [0.29, 0.717) is 52.7 Å². The summed E-state index contributed by atoms with van der Waals surface area (Å²) in [5.74, 6) is 1.41. The van der Waals surface area contributed by atoms with E-state index in [1.807, 2.05) is 0 Å². The molecule has 0 fully saturated rings. The summed E-state index contributed by atoms with van der Waals surface area (Å²) in [6.07, 6.45) is 0. The Morgan fingerprint density at radius 2 is 1.70 bits per heavy atom. The number of carbonyl (C=O) groups excluding carboxylic acids is 1. The number of H-pyrrole nitrogens is 1. The summed E-state index contributed by atoms with van der Waals surface area (Å²) >= 11 is 0. The first-order valence-corrected chi connectivity index (χ1v) is 8.19. The highest BCUT2D eigenvalue weighted by molar-refractivity contribution is 5.98. The lowest BCUT2D eigenvalue weighted by atomic mass is 10.2. The standard InChI is InChI=1S/C18H13N3O6/c22-17(9-1-2-12-13(5-9)27-8-26-12)21-20-16-10-6-14-15(25-4-3-24-14)7-11(10)19-18(16)23/h1-2,5-7,19,23H,3-4,8H2. The Hall–Kier alpha value is -3.75. The van der Waals surface area contributed by atoms with Gasteiger partial charge in [-0.15, -0.1) is 10.2 Å². The van der Waals surface area contributed by atoms with Crippen LogP contribution in [0.4, 0.5) is 5.69 Å². The van der Waals surface area contributed by atoms with E-state index in [1.54, 1.807) is 30.3 Å². The third-order valence-electron chi connectivity index (χ3n) is 4.28. The molecule has 9 nitrogen and oxygen atoms in total. The van der Waals surface area contributed by atoms with Crippen LogP contribution in [0.25, 0.3) is 10.9 Å². The summed E-state index contributed by atoms with van der Waals surface area (Å²) in [5, 5.41) is 18.4. The molecule has 0 spiro atoms. The van der Waals surface area contributed by atoms with Gasteiger partial charge in [-0.2, -0.15) is 0 Å². The number of aromatic nitrogens is 1. The molecule has 1 aromatic heterocycles. The van der Waals surface area contributed by atoms with Crippen LogP contribution in [-0.4, -0.2) is 36.0 Å². The molecular formula is C18H13N3O6. The van der Waals surface area contributed by atoms with E-state index in [0.717, 1.165) is 0 Å². The molecular weight excluding hydrogens is 354 g/mol. The number of hydrogen-bond acceptors (Lipinski definition) is 7. The Balaban J connectivity index is 1.48. The number of aromatic hydroxyl groups is 1. The minimum absolute atomic E-state index is 0.119. The molecule has 1 amide bonds. The van der Waals surface area contributed by atoms with Gasteiger partial charge in [-0.1, -0.05) is 0 Å². The second-order valence-corrected chi connectivity index (χ2v) is 5.94. The molecule has 2 aliphatic heterocycles. The Bertz CT molecular complexity index is 1100. The summed E-state index contributed by atoms with van der Waals surface area (Å²) in [5.41, 5.74) is 1.05. The van der Waals surface area contributed by atoms with E-state index in [2.05, 4.69) is 15.2 Å². The molecule has 3 aromatic rings. The molecule has 9 heteroatoms. The molecule has 0 radical (unpaired) electrons. The maximum absolute atomic E-state index is 12.3. The van der Waals surface area contributed by atoms with Crippen molar-refractivity contribution in [1.82, 2.24) is 4.98 Å². The van der Waals surface area contributed by atoms with Crippen molar-refractivity contribution in [3.05, 3.63) is 35.9 Å². The van der Waals surface area contributed by atoms with Crippen molar-refractivity contribution in [2.75, 3.05) is 20.0 Å². The van der Waals surface area contributed by atoms with Crippen molar-refractivity contribution in [1.29, 1.82) is 0 Å². The summed E-state index contributed by atoms with van der Waals surface area (Å²) < 4.78 is 21.5. The summed E-state index contributed by atoms with van der Waals surface area (Å²) in [6.45, 7) is 1.02. The maximum atomic E-state index is 12.3. The highest BCUT2D eigenvalue weighted by Crippen LogP contribution is 2.42. The van der Waals surface area contributed by atoms with Crippen LogP contribution in [0.5, 0.6) is 28.9 Å². The van der Waals surface area contributed by atoms with E-state index in [-0.39, 0.29) is 18.4 Å². The summed E-state index contributed by atoms with van der Waals surface area (Å²) in [6, 6.07) is 8.16. The van der Waals surface area contributed by atoms with Crippen LogP contribution in [0.1, 0.15) is 10.4 Å². The van der Waals surface area contributed by atoms with Gasteiger partial charge in [-0.05, 0) is 24.3 Å². The van der Waals surface area contributed by atoms with Crippen LogP contribution < -0.4 is 18.9 Å². The quantitative estimate of drug-likeness (QED) is 0.672. The van der Waals surface area contributed by atoms with Gasteiger partial charge in [-0.25, -0.2) is 0 Å². The van der Waals surface area contributed by atoms with Gasteiger partial charge in [-0.3, -0.25) is 4.79 Å². The predicted molar refractivity (Wildman–Crippen MR) is 92.4 cm³/mol. The molecule has 5 rings (SSSR count). The number of aromatic amines is 1. The SMILES string of the molecule is O=C(N=Nc1c(O)[nH]c2cc3c(cc12)OCCO3)c1ccc2c(c1)OCO2. The smallest absolute Gasteiger partial charge is 0.295 e. The van der Waals surface area contributed by atoms with Crippen molar-refractivity contribution in [3.63, 3.8) is 0 Å². The number of hydrogen-bond donors (Lipinski definition) is 2. The maximum Gasteiger partial charge on any atom is 0.295 e. The fraction of sp³-hybridized carbons (Fsp3) is 0.167. The van der Waals surface area contributed by atoms with E-state index in [1.165, 1.54) is 0 Å². The van der Waals surface area contributed by atoms with Gasteiger partial charge in [0.25, 0.3) is 5.91 Å². The molecule has 3 heterocycles. The van der Waals surface area contributed by atoms with Crippen molar-refractivity contribution in [2.24, 2.45) is 10.2 Å². The number of amides is 1. The van der Waals surface area contributed by atoms with Gasteiger partial charge in [0, 0.05) is 17.0 Å². The zero-order chi connectivity index (χ0) is 18.4. The number of benzene rings is 2. The van der Waals surface area contributed by atoms with Crippen LogP contribution in [0.15, 0.2) is 40.6 Å². The van der Waals surface area contributed by atoms with E-state index < -0.39 is 5.91 Å². The average molecular weight is 367 g/mol. The summed E-state index contributed by atoms with van der Waals surface area (Å²) in [7, 11) is 0. The Morgan fingerprint density at radius 1 is 0.963 bits per heavy atom. The number of nitrogens with one attached hydrogen (secondary N) is 1. The molecule has 0 unspecified atom stereocenters. The number of rotatable bonds is 2. The number of ether oxygens (including phenoxy) is 4. The number of azo groups is 1. The average Bonchev–Trinajstić information content (AvgIpc) is 3.27. The Labute approximate surface area is 152 Å². The molecule has 2 aromatic carbocycles. The highest BCUT2D eigenvalue weighted by Gasteiger charge is 2.19. The summed E-state index contributed by atoms with van der Waals surface area (Å²) in [4.78, 5) is 15.1. The van der Waals surface area contributed by atoms with E-state index in [4.69, 9.17) is 18.9 Å². The topological polar surface area (TPSA) is 115 Å². The van der Waals surface area contributed by atoms with Crippen molar-refractivity contribution in [2.45, 2.75) is 0 Å². The van der Waals surface area contributed by atoms with E-state index in [9.17, 15) is 9.90 Å². The van der Waals surface area contributed by atoms with Crippen LogP contribution in [-0.2, 0) is 0 Å². The fourth-order valence-electron chi connectivity index (χ4n) is 2.99. The molecule has 0 saturated carbocycles. The molecule has 0 aliphatic carbocycles. The zero-order valence-electron chi connectivity index (χ0n) is 13.9. The lowest BCUT2D eigenvalue weighted by Gasteiger charge is -2.17. The molecule has 2 aliphatic rings.